The first-order valence-electron chi connectivity index (χ1n) is 13.5. The lowest BCUT2D eigenvalue weighted by atomic mass is 9.46. The third-order valence-electron chi connectivity index (χ3n) is 12.0. The summed E-state index contributed by atoms with van der Waals surface area (Å²) in [6.07, 6.45) is 3.41. The second-order valence-electron chi connectivity index (χ2n) is 13.2. The molecule has 202 valence electrons. The van der Waals surface area contributed by atoms with Crippen molar-refractivity contribution in [3.8, 4) is 0 Å². The molecule has 0 aromatic carbocycles. The Labute approximate surface area is 218 Å². The van der Waals surface area contributed by atoms with Gasteiger partial charge in [0.15, 0.2) is 28.4 Å². The standard InChI is InChI=1S/C28H30O10/c1-23-10-17-25(3)28-19(23)20(31)27(38-28,35-11-14(23)21(32)36-17)18-13(7-8-26(28,34)22(33)37-25)24(2)12(9-15(18)29)5-4-6-16(24)30/h4,6,9,13-15,17-19,29,34H,5,7-8,10-11H2,1-3H3/t13-,14+,15+,17+,18-,19-,23+,24-,25-,26-,27-,28-/m0/s1. The summed E-state index contributed by atoms with van der Waals surface area (Å²) < 4.78 is 24.9. The van der Waals surface area contributed by atoms with E-state index in [1.54, 1.807) is 32.9 Å². The van der Waals surface area contributed by atoms with Crippen LogP contribution in [0.4, 0.5) is 0 Å². The number of carbonyl (C=O) groups excluding carboxylic acids is 4. The summed E-state index contributed by atoms with van der Waals surface area (Å²) in [5, 5.41) is 24.0. The fourth-order valence-electron chi connectivity index (χ4n) is 10.0. The molecule has 0 unspecified atom stereocenters. The quantitative estimate of drug-likeness (QED) is 0.339. The summed E-state index contributed by atoms with van der Waals surface area (Å²) in [7, 11) is 0. The molecule has 0 aromatic heterocycles. The van der Waals surface area contributed by atoms with Gasteiger partial charge in [0.2, 0.25) is 5.79 Å². The summed E-state index contributed by atoms with van der Waals surface area (Å²) in [5.74, 6) is -8.00. The first kappa shape index (κ1) is 23.5. The molecule has 5 saturated heterocycles. The van der Waals surface area contributed by atoms with Crippen LogP contribution in [0, 0.1) is 34.5 Å². The SMILES string of the molecule is C[C@]12C(=O)C=CCC1=C[C@@H](O)[C@@H]1[C@@H]2CC[C@]2(O)C(=O)O[C@@]3(C)[C@H]4C[C@]5(C)[C@H](CO[C@]16O[C@@]32[C@H]5C6=O)C(=O)O4. The number of hydrogen-bond donors (Lipinski definition) is 2. The number of aliphatic hydroxyl groups excluding tert-OH is 1. The van der Waals surface area contributed by atoms with E-state index in [2.05, 4.69) is 0 Å². The van der Waals surface area contributed by atoms with Gasteiger partial charge in [0.25, 0.3) is 0 Å². The number of allylic oxidation sites excluding steroid dienone is 3. The van der Waals surface area contributed by atoms with Crippen molar-refractivity contribution in [3.05, 3.63) is 23.8 Å². The molecular weight excluding hydrogens is 496 g/mol. The van der Waals surface area contributed by atoms with Crippen molar-refractivity contribution in [1.82, 2.24) is 0 Å². The van der Waals surface area contributed by atoms with Crippen molar-refractivity contribution in [2.45, 2.75) is 81.3 Å². The molecular formula is C28H30O10. The van der Waals surface area contributed by atoms with Gasteiger partial charge in [-0.25, -0.2) is 4.79 Å². The summed E-state index contributed by atoms with van der Waals surface area (Å²) in [6, 6.07) is 0. The van der Waals surface area contributed by atoms with E-state index in [4.69, 9.17) is 18.9 Å². The predicted molar refractivity (Wildman–Crippen MR) is 124 cm³/mol. The van der Waals surface area contributed by atoms with Gasteiger partial charge in [0.05, 0.1) is 35.9 Å². The van der Waals surface area contributed by atoms with Gasteiger partial charge < -0.3 is 29.2 Å². The maximum absolute atomic E-state index is 14.9. The van der Waals surface area contributed by atoms with E-state index in [1.165, 1.54) is 6.08 Å². The van der Waals surface area contributed by atoms with E-state index in [0.29, 0.717) is 6.42 Å². The molecule has 0 radical (unpaired) electrons. The molecule has 5 aliphatic heterocycles. The summed E-state index contributed by atoms with van der Waals surface area (Å²) >= 11 is 0. The minimum atomic E-state index is -2.26. The number of Topliss-reactive ketones (excluding diaryl/α,β-unsaturated/α-hetero) is 1. The fraction of sp³-hybridized carbons (Fsp3) is 0.714. The highest BCUT2D eigenvalue weighted by Gasteiger charge is 2.93. The monoisotopic (exact) mass is 526 g/mol. The predicted octanol–water partition coefficient (Wildman–Crippen LogP) is 0.528. The largest absolute Gasteiger partial charge is 0.458 e. The van der Waals surface area contributed by atoms with Gasteiger partial charge in [-0.2, -0.15) is 0 Å². The van der Waals surface area contributed by atoms with Crippen LogP contribution < -0.4 is 0 Å². The molecule has 10 heteroatoms. The maximum atomic E-state index is 14.9. The maximum Gasteiger partial charge on any atom is 0.342 e. The van der Waals surface area contributed by atoms with Crippen LogP contribution in [0.25, 0.3) is 0 Å². The van der Waals surface area contributed by atoms with Gasteiger partial charge in [0, 0.05) is 0 Å². The number of hydrogen-bond acceptors (Lipinski definition) is 10. The molecule has 38 heavy (non-hydrogen) atoms. The van der Waals surface area contributed by atoms with Crippen LogP contribution in [0.1, 0.15) is 46.5 Å². The smallest absolute Gasteiger partial charge is 0.342 e. The molecule has 8 aliphatic rings. The number of ketones is 2. The number of rotatable bonds is 0. The first-order valence-corrected chi connectivity index (χ1v) is 13.5. The van der Waals surface area contributed by atoms with E-state index in [1.807, 2.05) is 0 Å². The van der Waals surface area contributed by atoms with Gasteiger partial charge in [-0.3, -0.25) is 14.4 Å². The highest BCUT2D eigenvalue weighted by Crippen LogP contribution is 2.75. The van der Waals surface area contributed by atoms with Crippen LogP contribution in [0.3, 0.4) is 0 Å². The third kappa shape index (κ3) is 2.00. The lowest BCUT2D eigenvalue weighted by Gasteiger charge is -2.63. The normalized spacial score (nSPS) is 59.2. The van der Waals surface area contributed by atoms with Crippen molar-refractivity contribution < 1.29 is 48.3 Å². The minimum Gasteiger partial charge on any atom is -0.458 e. The second-order valence-corrected chi connectivity index (χ2v) is 13.2. The van der Waals surface area contributed by atoms with Gasteiger partial charge in [-0.05, 0) is 56.9 Å². The number of aliphatic hydroxyl groups is 2. The Hall–Kier alpha value is -2.40. The van der Waals surface area contributed by atoms with E-state index in [0.717, 1.165) is 5.57 Å². The summed E-state index contributed by atoms with van der Waals surface area (Å²) in [5.41, 5.74) is -7.27. The Morgan fingerprint density at radius 2 is 1.87 bits per heavy atom. The fourth-order valence-corrected chi connectivity index (χ4v) is 10.0. The molecule has 3 aliphatic carbocycles. The molecule has 8 rings (SSSR count). The molecule has 6 fully saturated rings. The molecule has 10 nitrogen and oxygen atoms in total. The number of fused-ring (bicyclic) bond motifs is 5. The number of carbonyl (C=O) groups is 4. The van der Waals surface area contributed by atoms with E-state index < -0.39 is 87.0 Å². The zero-order chi connectivity index (χ0) is 26.8. The van der Waals surface area contributed by atoms with E-state index >= 15 is 0 Å². The Morgan fingerprint density at radius 3 is 2.63 bits per heavy atom. The average Bonchev–Trinajstić information content (AvgIpc) is 3.17. The Morgan fingerprint density at radius 1 is 1.11 bits per heavy atom. The molecule has 1 saturated carbocycles. The summed E-state index contributed by atoms with van der Waals surface area (Å²) in [4.78, 5) is 55.3. The molecule has 0 amide bonds. The summed E-state index contributed by atoms with van der Waals surface area (Å²) in [6.45, 7) is 4.95. The van der Waals surface area contributed by atoms with Crippen molar-refractivity contribution in [2.24, 2.45) is 34.5 Å². The van der Waals surface area contributed by atoms with Crippen molar-refractivity contribution >= 4 is 23.5 Å². The van der Waals surface area contributed by atoms with Crippen LogP contribution in [-0.2, 0) is 38.1 Å². The zero-order valence-corrected chi connectivity index (χ0v) is 21.4. The first-order chi connectivity index (χ1) is 17.8. The van der Waals surface area contributed by atoms with Crippen molar-refractivity contribution in [1.29, 1.82) is 0 Å². The Balaban J connectivity index is 1.45. The van der Waals surface area contributed by atoms with Gasteiger partial charge >= 0.3 is 11.9 Å². The Bertz CT molecular complexity index is 1330. The lowest BCUT2D eigenvalue weighted by molar-refractivity contribution is -0.378. The second kappa shape index (κ2) is 6.32. The third-order valence-corrected chi connectivity index (χ3v) is 12.0. The molecule has 2 N–H and O–H groups in total. The lowest BCUT2D eigenvalue weighted by Crippen LogP contribution is -2.79. The highest BCUT2D eigenvalue weighted by molar-refractivity contribution is 6.01. The van der Waals surface area contributed by atoms with Gasteiger partial charge in [0.1, 0.15) is 6.10 Å². The van der Waals surface area contributed by atoms with Crippen molar-refractivity contribution in [2.75, 3.05) is 6.61 Å². The van der Waals surface area contributed by atoms with Crippen molar-refractivity contribution in [3.63, 3.8) is 0 Å². The molecule has 5 heterocycles. The topological polar surface area (TPSA) is 146 Å². The zero-order valence-electron chi connectivity index (χ0n) is 21.4. The molecule has 2 spiro atoms. The van der Waals surface area contributed by atoms with Crippen LogP contribution in [0.15, 0.2) is 23.8 Å². The minimum absolute atomic E-state index is 0.137. The highest BCUT2D eigenvalue weighted by atomic mass is 16.8. The van der Waals surface area contributed by atoms with Crippen LogP contribution in [-0.4, -0.2) is 75.1 Å². The van der Waals surface area contributed by atoms with Gasteiger partial charge in [-0.1, -0.05) is 24.6 Å². The van der Waals surface area contributed by atoms with Crippen LogP contribution in [0.5, 0.6) is 0 Å². The molecule has 12 atom stereocenters. The van der Waals surface area contributed by atoms with E-state index in [9.17, 15) is 29.4 Å². The van der Waals surface area contributed by atoms with Crippen LogP contribution in [0.2, 0.25) is 0 Å². The Kier molecular flexibility index (Phi) is 3.91. The van der Waals surface area contributed by atoms with Gasteiger partial charge in [-0.15, -0.1) is 0 Å². The van der Waals surface area contributed by atoms with E-state index in [-0.39, 0.29) is 31.7 Å². The average molecular weight is 527 g/mol. The number of ether oxygens (including phenoxy) is 4. The number of esters is 2. The molecule has 0 aromatic rings. The van der Waals surface area contributed by atoms with Crippen LogP contribution >= 0.6 is 0 Å². The molecule has 5 bridgehead atoms.